The van der Waals surface area contributed by atoms with Gasteiger partial charge in [-0.1, -0.05) is 109 Å². The third kappa shape index (κ3) is 4.84. The summed E-state index contributed by atoms with van der Waals surface area (Å²) >= 11 is 1.80. The maximum Gasteiger partial charge on any atom is 0.0540 e. The van der Waals surface area contributed by atoms with Crippen LogP contribution < -0.4 is 4.90 Å². The first-order valence-corrected chi connectivity index (χ1v) is 15.6. The fourth-order valence-corrected chi connectivity index (χ4v) is 7.06. The lowest BCUT2D eigenvalue weighted by Crippen LogP contribution is -2.11. The molecule has 0 saturated heterocycles. The maximum atomic E-state index is 4.32. The van der Waals surface area contributed by atoms with Crippen LogP contribution in [0.2, 0.25) is 0 Å². The van der Waals surface area contributed by atoms with E-state index in [1.807, 2.05) is 12.4 Å². The molecular formula is C41H28N2S. The van der Waals surface area contributed by atoms with Gasteiger partial charge < -0.3 is 4.90 Å². The number of rotatable bonds is 6. The molecule has 3 heteroatoms. The molecule has 2 aromatic heterocycles. The lowest BCUT2D eigenvalue weighted by atomic mass is 10.00. The quantitative estimate of drug-likeness (QED) is 0.194. The van der Waals surface area contributed by atoms with Gasteiger partial charge in [-0.05, 0) is 76.3 Å². The summed E-state index contributed by atoms with van der Waals surface area (Å²) in [6.45, 7) is 0. The van der Waals surface area contributed by atoms with Crippen LogP contribution in [0.3, 0.4) is 0 Å². The largest absolute Gasteiger partial charge is 0.310 e. The van der Waals surface area contributed by atoms with Gasteiger partial charge in [0.2, 0.25) is 0 Å². The van der Waals surface area contributed by atoms with E-state index in [1.54, 1.807) is 11.3 Å². The molecule has 208 valence electrons. The molecule has 8 aromatic rings. The molecule has 0 saturated carbocycles. The van der Waals surface area contributed by atoms with Crippen LogP contribution in [0.25, 0.3) is 53.6 Å². The van der Waals surface area contributed by atoms with Crippen molar-refractivity contribution in [2.45, 2.75) is 0 Å². The Labute approximate surface area is 261 Å². The monoisotopic (exact) mass is 580 g/mol. The van der Waals surface area contributed by atoms with Gasteiger partial charge in [0.05, 0.1) is 10.4 Å². The number of thiophene rings is 1. The highest BCUT2D eigenvalue weighted by Gasteiger charge is 2.17. The Balaban J connectivity index is 1.23. The van der Waals surface area contributed by atoms with E-state index < -0.39 is 0 Å². The van der Waals surface area contributed by atoms with E-state index in [4.69, 9.17) is 0 Å². The van der Waals surface area contributed by atoms with Gasteiger partial charge >= 0.3 is 0 Å². The molecular weight excluding hydrogens is 553 g/mol. The minimum absolute atomic E-state index is 1.11. The number of pyridine rings is 1. The Bertz CT molecular complexity index is 2200. The first kappa shape index (κ1) is 26.1. The van der Waals surface area contributed by atoms with E-state index in [0.29, 0.717) is 0 Å². The molecule has 0 fully saturated rings. The number of para-hydroxylation sites is 1. The zero-order chi connectivity index (χ0) is 29.3. The molecule has 0 radical (unpaired) electrons. The Hall–Kier alpha value is -5.51. The molecule has 0 spiro atoms. The molecule has 0 bridgehead atoms. The highest BCUT2D eigenvalue weighted by molar-refractivity contribution is 7.25. The van der Waals surface area contributed by atoms with Crippen LogP contribution in [0.1, 0.15) is 0 Å². The molecule has 2 nitrogen and oxygen atoms in total. The predicted molar refractivity (Wildman–Crippen MR) is 188 cm³/mol. The second-order valence-corrected chi connectivity index (χ2v) is 11.9. The molecule has 0 aliphatic heterocycles. The van der Waals surface area contributed by atoms with Crippen molar-refractivity contribution in [2.75, 3.05) is 4.90 Å². The van der Waals surface area contributed by atoms with E-state index in [1.165, 1.54) is 53.6 Å². The van der Waals surface area contributed by atoms with E-state index in [0.717, 1.165) is 17.1 Å². The van der Waals surface area contributed by atoms with Crippen LogP contribution in [0, 0.1) is 0 Å². The maximum absolute atomic E-state index is 4.32. The van der Waals surface area contributed by atoms with Gasteiger partial charge in [0.1, 0.15) is 0 Å². The summed E-state index contributed by atoms with van der Waals surface area (Å²) in [7, 11) is 0. The number of benzene rings is 6. The smallest absolute Gasteiger partial charge is 0.0540 e. The van der Waals surface area contributed by atoms with Crippen LogP contribution in [0.4, 0.5) is 17.1 Å². The zero-order valence-electron chi connectivity index (χ0n) is 24.0. The standard InChI is InChI=1S/C41H28N2S/c1-3-9-29(10-4-1)30-15-20-34(21-16-30)43(39-14-8-7-13-36(39)32-11-5-2-6-12-32)35-22-17-31(18-23-35)33-19-24-40-38(27-33)37-25-26-42-28-41(37)44-40/h1-28H. The highest BCUT2D eigenvalue weighted by Crippen LogP contribution is 2.42. The van der Waals surface area contributed by atoms with Crippen molar-refractivity contribution in [1.29, 1.82) is 0 Å². The summed E-state index contributed by atoms with van der Waals surface area (Å²) in [5.74, 6) is 0. The van der Waals surface area contributed by atoms with Crippen LogP contribution in [-0.4, -0.2) is 4.98 Å². The van der Waals surface area contributed by atoms with E-state index in [2.05, 4.69) is 168 Å². The zero-order valence-corrected chi connectivity index (χ0v) is 24.8. The summed E-state index contributed by atoms with van der Waals surface area (Å²) in [5.41, 5.74) is 10.6. The van der Waals surface area contributed by atoms with E-state index >= 15 is 0 Å². The average molecular weight is 581 g/mol. The summed E-state index contributed by atoms with van der Waals surface area (Å²) in [4.78, 5) is 6.68. The molecule has 0 N–H and O–H groups in total. The minimum atomic E-state index is 1.11. The van der Waals surface area contributed by atoms with Crippen molar-refractivity contribution < 1.29 is 0 Å². The number of hydrogen-bond donors (Lipinski definition) is 0. The first-order chi connectivity index (χ1) is 21.8. The van der Waals surface area contributed by atoms with E-state index in [-0.39, 0.29) is 0 Å². The summed E-state index contributed by atoms with van der Waals surface area (Å²) < 4.78 is 2.51. The highest BCUT2D eigenvalue weighted by atomic mass is 32.1. The lowest BCUT2D eigenvalue weighted by molar-refractivity contribution is 1.28. The van der Waals surface area contributed by atoms with Gasteiger partial charge in [0, 0.05) is 44.8 Å². The van der Waals surface area contributed by atoms with Gasteiger partial charge in [0.25, 0.3) is 0 Å². The Morgan fingerprint density at radius 1 is 0.432 bits per heavy atom. The van der Waals surface area contributed by atoms with Crippen molar-refractivity contribution in [3.63, 3.8) is 0 Å². The molecule has 8 rings (SSSR count). The first-order valence-electron chi connectivity index (χ1n) is 14.8. The fourth-order valence-electron chi connectivity index (χ4n) is 6.01. The molecule has 0 atom stereocenters. The van der Waals surface area contributed by atoms with Crippen molar-refractivity contribution >= 4 is 48.6 Å². The second kappa shape index (κ2) is 11.3. The van der Waals surface area contributed by atoms with Gasteiger partial charge in [0.15, 0.2) is 0 Å². The number of aromatic nitrogens is 1. The van der Waals surface area contributed by atoms with Gasteiger partial charge in [-0.25, -0.2) is 0 Å². The summed E-state index contributed by atoms with van der Waals surface area (Å²) in [6.07, 6.45) is 3.84. The van der Waals surface area contributed by atoms with Gasteiger partial charge in [-0.15, -0.1) is 11.3 Å². The van der Waals surface area contributed by atoms with Gasteiger partial charge in [-0.2, -0.15) is 0 Å². The van der Waals surface area contributed by atoms with Crippen molar-refractivity contribution in [3.05, 3.63) is 170 Å². The van der Waals surface area contributed by atoms with E-state index in [9.17, 15) is 0 Å². The third-order valence-electron chi connectivity index (χ3n) is 8.20. The Morgan fingerprint density at radius 3 is 1.70 bits per heavy atom. The molecule has 6 aromatic carbocycles. The predicted octanol–water partition coefficient (Wildman–Crippen LogP) is 11.9. The molecule has 0 aliphatic carbocycles. The fraction of sp³-hybridized carbons (Fsp3) is 0. The Kier molecular flexibility index (Phi) is 6.71. The Morgan fingerprint density at radius 2 is 1.00 bits per heavy atom. The summed E-state index contributed by atoms with van der Waals surface area (Å²) in [6, 6.07) is 56.6. The second-order valence-electron chi connectivity index (χ2n) is 10.9. The minimum Gasteiger partial charge on any atom is -0.310 e. The van der Waals surface area contributed by atoms with Crippen LogP contribution >= 0.6 is 11.3 Å². The number of hydrogen-bond acceptors (Lipinski definition) is 3. The molecule has 0 amide bonds. The van der Waals surface area contributed by atoms with Crippen molar-refractivity contribution in [3.8, 4) is 33.4 Å². The topological polar surface area (TPSA) is 16.1 Å². The number of nitrogens with zero attached hydrogens (tertiary/aromatic N) is 2. The molecule has 0 unspecified atom stereocenters. The van der Waals surface area contributed by atoms with Gasteiger partial charge in [-0.3, -0.25) is 4.98 Å². The molecule has 0 aliphatic rings. The van der Waals surface area contributed by atoms with Crippen LogP contribution in [-0.2, 0) is 0 Å². The van der Waals surface area contributed by atoms with Crippen molar-refractivity contribution in [2.24, 2.45) is 0 Å². The number of fused-ring (bicyclic) bond motifs is 3. The lowest BCUT2D eigenvalue weighted by Gasteiger charge is -2.28. The average Bonchev–Trinajstić information content (AvgIpc) is 3.48. The molecule has 2 heterocycles. The normalized spacial score (nSPS) is 11.2. The number of anilines is 3. The van der Waals surface area contributed by atoms with Crippen LogP contribution in [0.15, 0.2) is 170 Å². The van der Waals surface area contributed by atoms with Crippen molar-refractivity contribution in [1.82, 2.24) is 4.98 Å². The third-order valence-corrected chi connectivity index (χ3v) is 9.32. The summed E-state index contributed by atoms with van der Waals surface area (Å²) in [5, 5.41) is 2.55. The SMILES string of the molecule is c1ccc(-c2ccc(N(c3ccc(-c4ccc5sc6cnccc6c5c4)cc3)c3ccccc3-c3ccccc3)cc2)cc1. The molecule has 44 heavy (non-hydrogen) atoms. The van der Waals surface area contributed by atoms with Crippen LogP contribution in [0.5, 0.6) is 0 Å².